The zero-order valence-corrected chi connectivity index (χ0v) is 10.2. The van der Waals surface area contributed by atoms with Gasteiger partial charge in [0.05, 0.1) is 0 Å². The Morgan fingerprint density at radius 2 is 1.71 bits per heavy atom. The molecule has 0 aromatic rings. The molecule has 0 spiro atoms. The molecule has 1 atom stereocenters. The van der Waals surface area contributed by atoms with E-state index in [0.29, 0.717) is 5.92 Å². The Labute approximate surface area is 101 Å². The minimum Gasteiger partial charge on any atom is -0.271 e. The standard InChI is InChI=1S/C12H23F3N2/c13-12(14,15)8-7-11(17-16)9-10-5-3-1-2-4-6-10/h10-11,17H,1-9,16H2. The molecule has 102 valence electrons. The summed E-state index contributed by atoms with van der Waals surface area (Å²) in [7, 11) is 0. The van der Waals surface area contributed by atoms with Gasteiger partial charge in [0, 0.05) is 12.5 Å². The van der Waals surface area contributed by atoms with Crippen molar-refractivity contribution in [2.75, 3.05) is 0 Å². The van der Waals surface area contributed by atoms with Crippen LogP contribution in [0.3, 0.4) is 0 Å². The van der Waals surface area contributed by atoms with Crippen molar-refractivity contribution in [1.29, 1.82) is 0 Å². The lowest BCUT2D eigenvalue weighted by Gasteiger charge is -2.22. The van der Waals surface area contributed by atoms with Crippen molar-refractivity contribution >= 4 is 0 Å². The normalized spacial score (nSPS) is 21.2. The number of hydrogen-bond acceptors (Lipinski definition) is 2. The van der Waals surface area contributed by atoms with Gasteiger partial charge in [-0.15, -0.1) is 0 Å². The van der Waals surface area contributed by atoms with Crippen molar-refractivity contribution in [2.24, 2.45) is 11.8 Å². The molecule has 1 saturated carbocycles. The van der Waals surface area contributed by atoms with Crippen LogP contribution in [0, 0.1) is 5.92 Å². The molecule has 0 amide bonds. The Morgan fingerprint density at radius 1 is 1.12 bits per heavy atom. The Hall–Kier alpha value is -0.290. The lowest BCUT2D eigenvalue weighted by atomic mass is 9.91. The quantitative estimate of drug-likeness (QED) is 0.446. The molecule has 0 radical (unpaired) electrons. The summed E-state index contributed by atoms with van der Waals surface area (Å²) in [5, 5.41) is 0. The first-order chi connectivity index (χ1) is 8.01. The summed E-state index contributed by atoms with van der Waals surface area (Å²) in [6.45, 7) is 0. The van der Waals surface area contributed by atoms with E-state index in [4.69, 9.17) is 5.84 Å². The van der Waals surface area contributed by atoms with Gasteiger partial charge in [-0.05, 0) is 18.8 Å². The van der Waals surface area contributed by atoms with Gasteiger partial charge in [-0.2, -0.15) is 13.2 Å². The maximum Gasteiger partial charge on any atom is 0.389 e. The van der Waals surface area contributed by atoms with Gasteiger partial charge in [-0.3, -0.25) is 11.3 Å². The van der Waals surface area contributed by atoms with Crippen molar-refractivity contribution < 1.29 is 13.2 Å². The van der Waals surface area contributed by atoms with Gasteiger partial charge < -0.3 is 0 Å². The van der Waals surface area contributed by atoms with Crippen molar-refractivity contribution in [2.45, 2.75) is 70.0 Å². The zero-order valence-electron chi connectivity index (χ0n) is 10.2. The van der Waals surface area contributed by atoms with E-state index in [9.17, 15) is 13.2 Å². The van der Waals surface area contributed by atoms with Crippen LogP contribution in [0.15, 0.2) is 0 Å². The van der Waals surface area contributed by atoms with E-state index in [0.717, 1.165) is 19.3 Å². The van der Waals surface area contributed by atoms with E-state index in [1.165, 1.54) is 25.7 Å². The summed E-state index contributed by atoms with van der Waals surface area (Å²) in [6, 6.07) is -0.195. The van der Waals surface area contributed by atoms with E-state index < -0.39 is 12.6 Å². The number of alkyl halides is 3. The predicted octanol–water partition coefficient (Wildman–Crippen LogP) is 3.52. The second-order valence-electron chi connectivity index (χ2n) is 5.11. The largest absolute Gasteiger partial charge is 0.389 e. The van der Waals surface area contributed by atoms with Gasteiger partial charge in [0.1, 0.15) is 0 Å². The van der Waals surface area contributed by atoms with E-state index in [1.807, 2.05) is 0 Å². The van der Waals surface area contributed by atoms with Crippen LogP contribution < -0.4 is 11.3 Å². The average Bonchev–Trinajstić information content (AvgIpc) is 2.51. The molecule has 0 saturated heterocycles. The highest BCUT2D eigenvalue weighted by Gasteiger charge is 2.28. The first-order valence-electron chi connectivity index (χ1n) is 6.54. The predicted molar refractivity (Wildman–Crippen MR) is 62.2 cm³/mol. The van der Waals surface area contributed by atoms with E-state index in [2.05, 4.69) is 5.43 Å². The number of nitrogens with two attached hydrogens (primary N) is 1. The summed E-state index contributed by atoms with van der Waals surface area (Å²) < 4.78 is 36.4. The Morgan fingerprint density at radius 3 is 2.18 bits per heavy atom. The first kappa shape index (κ1) is 14.8. The van der Waals surface area contributed by atoms with Gasteiger partial charge >= 0.3 is 6.18 Å². The molecule has 0 aromatic carbocycles. The van der Waals surface area contributed by atoms with E-state index >= 15 is 0 Å². The topological polar surface area (TPSA) is 38.0 Å². The number of halogens is 3. The lowest BCUT2D eigenvalue weighted by molar-refractivity contribution is -0.136. The van der Waals surface area contributed by atoms with Crippen molar-refractivity contribution in [3.05, 3.63) is 0 Å². The highest BCUT2D eigenvalue weighted by molar-refractivity contribution is 4.73. The Balaban J connectivity index is 2.29. The van der Waals surface area contributed by atoms with Gasteiger partial charge in [0.2, 0.25) is 0 Å². The van der Waals surface area contributed by atoms with E-state index in [-0.39, 0.29) is 12.5 Å². The second-order valence-corrected chi connectivity index (χ2v) is 5.11. The van der Waals surface area contributed by atoms with Crippen LogP contribution in [0.4, 0.5) is 13.2 Å². The van der Waals surface area contributed by atoms with Crippen LogP contribution in [0.25, 0.3) is 0 Å². The summed E-state index contributed by atoms with van der Waals surface area (Å²) in [6.07, 6.45) is 3.30. The minimum absolute atomic E-state index is 0.0938. The smallest absolute Gasteiger partial charge is 0.271 e. The molecule has 0 heterocycles. The molecule has 1 rings (SSSR count). The van der Waals surface area contributed by atoms with Crippen LogP contribution in [0.1, 0.15) is 57.8 Å². The lowest BCUT2D eigenvalue weighted by Crippen LogP contribution is -2.37. The average molecular weight is 252 g/mol. The molecular formula is C12H23F3N2. The second kappa shape index (κ2) is 7.21. The zero-order chi connectivity index (χ0) is 12.7. The number of hydrazine groups is 1. The molecule has 1 aliphatic carbocycles. The van der Waals surface area contributed by atoms with Crippen molar-refractivity contribution in [1.82, 2.24) is 5.43 Å². The summed E-state index contributed by atoms with van der Waals surface area (Å²) in [5.41, 5.74) is 2.54. The Kier molecular flexibility index (Phi) is 6.27. The monoisotopic (exact) mass is 252 g/mol. The third-order valence-electron chi connectivity index (χ3n) is 3.60. The molecule has 5 heteroatoms. The number of rotatable bonds is 5. The molecule has 3 N–H and O–H groups in total. The first-order valence-corrected chi connectivity index (χ1v) is 6.54. The molecular weight excluding hydrogens is 229 g/mol. The summed E-state index contributed by atoms with van der Waals surface area (Å²) >= 11 is 0. The SMILES string of the molecule is NNC(CCC(F)(F)F)CC1CCCCCC1. The van der Waals surface area contributed by atoms with Crippen molar-refractivity contribution in [3.63, 3.8) is 0 Å². The number of hydrogen-bond donors (Lipinski definition) is 2. The van der Waals surface area contributed by atoms with E-state index in [1.54, 1.807) is 0 Å². The summed E-state index contributed by atoms with van der Waals surface area (Å²) in [5.74, 6) is 5.89. The maximum atomic E-state index is 12.1. The molecule has 1 aliphatic rings. The van der Waals surface area contributed by atoms with Crippen molar-refractivity contribution in [3.8, 4) is 0 Å². The van der Waals surface area contributed by atoms with Crippen LogP contribution in [-0.4, -0.2) is 12.2 Å². The van der Waals surface area contributed by atoms with Gasteiger partial charge in [-0.1, -0.05) is 38.5 Å². The fourth-order valence-corrected chi connectivity index (χ4v) is 2.61. The maximum absolute atomic E-state index is 12.1. The molecule has 0 aromatic heterocycles. The van der Waals surface area contributed by atoms with Crippen LogP contribution in [-0.2, 0) is 0 Å². The highest BCUT2D eigenvalue weighted by atomic mass is 19.4. The molecule has 1 fully saturated rings. The minimum atomic E-state index is -4.07. The highest BCUT2D eigenvalue weighted by Crippen LogP contribution is 2.29. The van der Waals surface area contributed by atoms with Crippen LogP contribution in [0.5, 0.6) is 0 Å². The van der Waals surface area contributed by atoms with Gasteiger partial charge in [0.15, 0.2) is 0 Å². The molecule has 0 aliphatic heterocycles. The summed E-state index contributed by atoms with van der Waals surface area (Å²) in [4.78, 5) is 0. The fraction of sp³-hybridized carbons (Fsp3) is 1.00. The molecule has 1 unspecified atom stereocenters. The van der Waals surface area contributed by atoms with Crippen LogP contribution >= 0.6 is 0 Å². The molecule has 0 bridgehead atoms. The third-order valence-corrected chi connectivity index (χ3v) is 3.60. The molecule has 2 nitrogen and oxygen atoms in total. The third kappa shape index (κ3) is 6.88. The molecule has 17 heavy (non-hydrogen) atoms. The van der Waals surface area contributed by atoms with Gasteiger partial charge in [0.25, 0.3) is 0 Å². The van der Waals surface area contributed by atoms with Crippen LogP contribution in [0.2, 0.25) is 0 Å². The van der Waals surface area contributed by atoms with Gasteiger partial charge in [-0.25, -0.2) is 0 Å². The fourth-order valence-electron chi connectivity index (χ4n) is 2.61. The number of nitrogens with one attached hydrogen (secondary N) is 1. The Bertz CT molecular complexity index is 198.